The zero-order valence-electron chi connectivity index (χ0n) is 11.2. The third-order valence-corrected chi connectivity index (χ3v) is 2.90. The normalized spacial score (nSPS) is 10.8. The minimum absolute atomic E-state index is 0.0898. The highest BCUT2D eigenvalue weighted by atomic mass is 16.4. The number of aryl methyl sites for hydroxylation is 1. The fourth-order valence-corrected chi connectivity index (χ4v) is 1.93. The van der Waals surface area contributed by atoms with Crippen LogP contribution < -0.4 is 4.90 Å². The van der Waals surface area contributed by atoms with Gasteiger partial charge in [0.1, 0.15) is 5.82 Å². The molecule has 1 N–H and O–H groups in total. The number of anilines is 1. The highest BCUT2D eigenvalue weighted by molar-refractivity contribution is 5.67. The number of carbonyl (C=O) groups is 1. The van der Waals surface area contributed by atoms with Crippen LogP contribution >= 0.6 is 0 Å². The van der Waals surface area contributed by atoms with Crippen LogP contribution in [0.4, 0.5) is 5.82 Å². The van der Waals surface area contributed by atoms with Gasteiger partial charge in [-0.25, -0.2) is 9.50 Å². The van der Waals surface area contributed by atoms with E-state index >= 15 is 0 Å². The summed E-state index contributed by atoms with van der Waals surface area (Å²) in [7, 11) is 2.00. The molecule has 0 radical (unpaired) electrons. The van der Waals surface area contributed by atoms with Crippen LogP contribution in [0.1, 0.15) is 25.5 Å². The van der Waals surface area contributed by atoms with E-state index in [0.29, 0.717) is 6.42 Å². The first-order valence-electron chi connectivity index (χ1n) is 6.38. The second kappa shape index (κ2) is 5.69. The van der Waals surface area contributed by atoms with Gasteiger partial charge in [0, 0.05) is 20.0 Å². The maximum atomic E-state index is 10.5. The summed E-state index contributed by atoms with van der Waals surface area (Å²) in [6.07, 6.45) is 3.37. The van der Waals surface area contributed by atoms with Crippen LogP contribution in [0, 0.1) is 0 Å². The lowest BCUT2D eigenvalue weighted by Crippen LogP contribution is -2.19. The van der Waals surface area contributed by atoms with Gasteiger partial charge in [-0.2, -0.15) is 0 Å². The van der Waals surface area contributed by atoms with Crippen molar-refractivity contribution >= 4 is 17.4 Å². The molecule has 0 aliphatic heterocycles. The van der Waals surface area contributed by atoms with Crippen LogP contribution in [0.5, 0.6) is 0 Å². The Bertz CT molecular complexity index is 579. The molecule has 0 saturated carbocycles. The van der Waals surface area contributed by atoms with Crippen molar-refractivity contribution in [2.45, 2.75) is 26.2 Å². The Morgan fingerprint density at radius 1 is 1.47 bits per heavy atom. The van der Waals surface area contributed by atoms with E-state index in [1.807, 2.05) is 19.2 Å². The van der Waals surface area contributed by atoms with E-state index in [1.165, 1.54) is 0 Å². The number of carboxylic acids is 1. The molecule has 2 heterocycles. The quantitative estimate of drug-likeness (QED) is 0.856. The molecule has 0 aliphatic carbocycles. The average Bonchev–Trinajstić information content (AvgIpc) is 2.78. The lowest BCUT2D eigenvalue weighted by Gasteiger charge is -2.16. The molecule has 0 saturated heterocycles. The summed E-state index contributed by atoms with van der Waals surface area (Å²) in [6.45, 7) is 3.06. The van der Waals surface area contributed by atoms with Crippen molar-refractivity contribution in [2.24, 2.45) is 0 Å². The van der Waals surface area contributed by atoms with Crippen molar-refractivity contribution < 1.29 is 9.90 Å². The highest BCUT2D eigenvalue weighted by Gasteiger charge is 2.07. The maximum Gasteiger partial charge on any atom is 0.303 e. The number of hydrogen-bond acceptors (Lipinski definition) is 4. The Hall–Kier alpha value is -2.11. The summed E-state index contributed by atoms with van der Waals surface area (Å²) >= 11 is 0. The van der Waals surface area contributed by atoms with E-state index in [-0.39, 0.29) is 6.42 Å². The summed E-state index contributed by atoms with van der Waals surface area (Å²) in [5.74, 6) is 0.0740. The molecule has 6 nitrogen and oxygen atoms in total. The van der Waals surface area contributed by atoms with E-state index < -0.39 is 5.97 Å². The molecule has 0 aliphatic rings. The molecule has 0 bridgehead atoms. The molecular formula is C13H18N4O2. The number of nitrogens with zero attached hydrogens (tertiary/aromatic N) is 4. The molecule has 0 amide bonds. The van der Waals surface area contributed by atoms with Crippen molar-refractivity contribution in [2.75, 3.05) is 18.5 Å². The molecule has 0 atom stereocenters. The van der Waals surface area contributed by atoms with Gasteiger partial charge in [-0.15, -0.1) is 5.10 Å². The molecule has 19 heavy (non-hydrogen) atoms. The zero-order valence-corrected chi connectivity index (χ0v) is 11.2. The molecule has 6 heteroatoms. The van der Waals surface area contributed by atoms with Crippen LogP contribution in [-0.4, -0.2) is 39.3 Å². The van der Waals surface area contributed by atoms with E-state index in [1.54, 1.807) is 10.7 Å². The van der Waals surface area contributed by atoms with E-state index in [9.17, 15) is 4.79 Å². The highest BCUT2D eigenvalue weighted by Crippen LogP contribution is 2.12. The minimum atomic E-state index is -0.812. The molecule has 2 aromatic heterocycles. The first-order chi connectivity index (χ1) is 9.10. The number of carboxylic acid groups (broad SMARTS) is 1. The number of fused-ring (bicyclic) bond motifs is 1. The second-order valence-electron chi connectivity index (χ2n) is 4.54. The van der Waals surface area contributed by atoms with Gasteiger partial charge in [0.05, 0.1) is 18.3 Å². The molecule has 0 aromatic carbocycles. The first-order valence-corrected chi connectivity index (χ1v) is 6.38. The number of hydrogen-bond donors (Lipinski definition) is 1. The SMILES string of the molecule is CCCN(C)c1ccc2nc(CCC(=O)O)cn2n1. The number of aliphatic carboxylic acids is 1. The summed E-state index contributed by atoms with van der Waals surface area (Å²) in [4.78, 5) is 17.0. The Morgan fingerprint density at radius 3 is 2.95 bits per heavy atom. The summed E-state index contributed by atoms with van der Waals surface area (Å²) < 4.78 is 1.71. The van der Waals surface area contributed by atoms with Crippen LogP contribution in [-0.2, 0) is 11.2 Å². The second-order valence-corrected chi connectivity index (χ2v) is 4.54. The third kappa shape index (κ3) is 3.21. The predicted octanol–water partition coefficient (Wildman–Crippen LogP) is 1.59. The minimum Gasteiger partial charge on any atom is -0.481 e. The predicted molar refractivity (Wildman–Crippen MR) is 72.5 cm³/mol. The number of aromatic nitrogens is 3. The number of rotatable bonds is 6. The Morgan fingerprint density at radius 2 is 2.26 bits per heavy atom. The molecule has 2 rings (SSSR count). The summed E-state index contributed by atoms with van der Waals surface area (Å²) in [5.41, 5.74) is 1.50. The maximum absolute atomic E-state index is 10.5. The lowest BCUT2D eigenvalue weighted by molar-refractivity contribution is -0.136. The molecule has 0 unspecified atom stereocenters. The Labute approximate surface area is 111 Å². The average molecular weight is 262 g/mol. The van der Waals surface area contributed by atoms with E-state index in [4.69, 9.17) is 5.11 Å². The first kappa shape index (κ1) is 13.3. The molecular weight excluding hydrogens is 244 g/mol. The molecule has 0 spiro atoms. The third-order valence-electron chi connectivity index (χ3n) is 2.90. The Kier molecular flexibility index (Phi) is 3.99. The van der Waals surface area contributed by atoms with Crippen LogP contribution in [0.3, 0.4) is 0 Å². The van der Waals surface area contributed by atoms with Gasteiger partial charge in [-0.05, 0) is 18.6 Å². The van der Waals surface area contributed by atoms with Crippen LogP contribution in [0.15, 0.2) is 18.3 Å². The van der Waals surface area contributed by atoms with Crippen molar-refractivity contribution in [3.63, 3.8) is 0 Å². The van der Waals surface area contributed by atoms with Crippen molar-refractivity contribution in [3.05, 3.63) is 24.0 Å². The molecule has 102 valence electrons. The van der Waals surface area contributed by atoms with Crippen molar-refractivity contribution in [3.8, 4) is 0 Å². The largest absolute Gasteiger partial charge is 0.481 e. The summed E-state index contributed by atoms with van der Waals surface area (Å²) in [5, 5.41) is 13.1. The van der Waals surface area contributed by atoms with Crippen molar-refractivity contribution in [1.29, 1.82) is 0 Å². The zero-order chi connectivity index (χ0) is 13.8. The van der Waals surface area contributed by atoms with Gasteiger partial charge in [-0.3, -0.25) is 4.79 Å². The monoisotopic (exact) mass is 262 g/mol. The van der Waals surface area contributed by atoms with Crippen molar-refractivity contribution in [1.82, 2.24) is 14.6 Å². The fourth-order valence-electron chi connectivity index (χ4n) is 1.93. The molecule has 0 fully saturated rings. The van der Waals surface area contributed by atoms with Gasteiger partial charge < -0.3 is 10.0 Å². The fraction of sp³-hybridized carbons (Fsp3) is 0.462. The number of imidazole rings is 1. The Balaban J connectivity index is 2.20. The smallest absolute Gasteiger partial charge is 0.303 e. The lowest BCUT2D eigenvalue weighted by atomic mass is 10.2. The van der Waals surface area contributed by atoms with Gasteiger partial charge >= 0.3 is 5.97 Å². The van der Waals surface area contributed by atoms with Gasteiger partial charge in [0.15, 0.2) is 5.65 Å². The van der Waals surface area contributed by atoms with E-state index in [2.05, 4.69) is 21.9 Å². The molecule has 2 aromatic rings. The van der Waals surface area contributed by atoms with Crippen LogP contribution in [0.2, 0.25) is 0 Å². The topological polar surface area (TPSA) is 70.7 Å². The van der Waals surface area contributed by atoms with E-state index in [0.717, 1.165) is 30.1 Å². The van der Waals surface area contributed by atoms with Gasteiger partial charge in [-0.1, -0.05) is 6.92 Å². The standard InChI is InChI=1S/C13H18N4O2/c1-3-8-16(2)12-6-5-11-14-10(4-7-13(18)19)9-17(11)15-12/h5-6,9H,3-4,7-8H2,1-2H3,(H,18,19). The summed E-state index contributed by atoms with van der Waals surface area (Å²) in [6, 6.07) is 3.83. The van der Waals surface area contributed by atoms with Gasteiger partial charge in [0.25, 0.3) is 0 Å². The van der Waals surface area contributed by atoms with Crippen LogP contribution in [0.25, 0.3) is 5.65 Å². The van der Waals surface area contributed by atoms with Gasteiger partial charge in [0.2, 0.25) is 0 Å².